The summed E-state index contributed by atoms with van der Waals surface area (Å²) in [7, 11) is 0. The van der Waals surface area contributed by atoms with E-state index in [1.165, 1.54) is 0 Å². The standard InChI is InChI=1S/C17H18N2O4S2/c20-13-10-24-9-12(13)18-15(21)6-7-19-16(22)14(25-17(19)23)8-11-4-2-1-3-5-11/h1-5,8,12-13,20H,6-7,9-10H2,(H,18,21)/b14-8-/t12-,13+/m0/s1. The molecule has 2 N–H and O–H groups in total. The van der Waals surface area contributed by atoms with Crippen molar-refractivity contribution in [3.05, 3.63) is 40.8 Å². The number of nitrogens with one attached hydrogen (secondary N) is 1. The third-order valence-electron chi connectivity index (χ3n) is 3.93. The molecule has 2 fully saturated rings. The average molecular weight is 378 g/mol. The molecule has 0 aliphatic carbocycles. The van der Waals surface area contributed by atoms with Crippen LogP contribution in [0.25, 0.3) is 6.08 Å². The highest BCUT2D eigenvalue weighted by molar-refractivity contribution is 8.18. The van der Waals surface area contributed by atoms with Gasteiger partial charge in [-0.05, 0) is 23.4 Å². The lowest BCUT2D eigenvalue weighted by molar-refractivity contribution is -0.124. The number of rotatable bonds is 5. The van der Waals surface area contributed by atoms with Crippen LogP contribution >= 0.6 is 23.5 Å². The van der Waals surface area contributed by atoms with Crippen LogP contribution in [-0.2, 0) is 9.59 Å². The molecule has 0 bridgehead atoms. The summed E-state index contributed by atoms with van der Waals surface area (Å²) in [6.07, 6.45) is 1.17. The van der Waals surface area contributed by atoms with Gasteiger partial charge in [0.25, 0.3) is 11.1 Å². The lowest BCUT2D eigenvalue weighted by Crippen LogP contribution is -2.43. The number of carbonyl (C=O) groups is 3. The minimum Gasteiger partial charge on any atom is -0.390 e. The molecule has 3 amide bonds. The molecular weight excluding hydrogens is 360 g/mol. The summed E-state index contributed by atoms with van der Waals surface area (Å²) in [6, 6.07) is 9.04. The van der Waals surface area contributed by atoms with E-state index in [0.717, 1.165) is 22.2 Å². The van der Waals surface area contributed by atoms with Gasteiger partial charge >= 0.3 is 0 Å². The molecule has 0 unspecified atom stereocenters. The van der Waals surface area contributed by atoms with Crippen LogP contribution in [0.15, 0.2) is 35.2 Å². The summed E-state index contributed by atoms with van der Waals surface area (Å²) in [4.78, 5) is 37.9. The van der Waals surface area contributed by atoms with E-state index in [2.05, 4.69) is 5.32 Å². The predicted molar refractivity (Wildman–Crippen MR) is 99.0 cm³/mol. The monoisotopic (exact) mass is 378 g/mol. The Morgan fingerprint density at radius 1 is 1.28 bits per heavy atom. The fourth-order valence-electron chi connectivity index (χ4n) is 2.57. The van der Waals surface area contributed by atoms with Crippen molar-refractivity contribution in [2.75, 3.05) is 18.1 Å². The van der Waals surface area contributed by atoms with Gasteiger partial charge in [0.05, 0.1) is 17.1 Å². The van der Waals surface area contributed by atoms with Gasteiger partial charge in [-0.2, -0.15) is 11.8 Å². The van der Waals surface area contributed by atoms with Gasteiger partial charge in [0.15, 0.2) is 0 Å². The Balaban J connectivity index is 1.56. The first-order valence-electron chi connectivity index (χ1n) is 7.90. The molecule has 8 heteroatoms. The molecular formula is C17H18N2O4S2. The molecule has 1 aromatic rings. The molecule has 0 saturated carbocycles. The maximum atomic E-state index is 12.4. The van der Waals surface area contributed by atoms with Gasteiger partial charge in [-0.3, -0.25) is 19.3 Å². The Bertz CT molecular complexity index is 708. The van der Waals surface area contributed by atoms with Crippen LogP contribution in [0.3, 0.4) is 0 Å². The predicted octanol–water partition coefficient (Wildman–Crippen LogP) is 1.71. The van der Waals surface area contributed by atoms with Crippen molar-refractivity contribution in [2.24, 2.45) is 0 Å². The van der Waals surface area contributed by atoms with Crippen LogP contribution in [0.2, 0.25) is 0 Å². The number of aliphatic hydroxyl groups is 1. The second-order valence-corrected chi connectivity index (χ2v) is 7.84. The first kappa shape index (κ1) is 18.0. The Kier molecular flexibility index (Phi) is 5.82. The summed E-state index contributed by atoms with van der Waals surface area (Å²) in [5.74, 6) is 0.646. The fourth-order valence-corrected chi connectivity index (χ4v) is 4.60. The fraction of sp³-hybridized carbons (Fsp3) is 0.353. The van der Waals surface area contributed by atoms with E-state index in [4.69, 9.17) is 0 Å². The molecule has 6 nitrogen and oxygen atoms in total. The summed E-state index contributed by atoms with van der Waals surface area (Å²) in [5.41, 5.74) is 0.846. The van der Waals surface area contributed by atoms with Crippen molar-refractivity contribution in [2.45, 2.75) is 18.6 Å². The lowest BCUT2D eigenvalue weighted by atomic mass is 10.2. The first-order chi connectivity index (χ1) is 12.0. The van der Waals surface area contributed by atoms with Crippen LogP contribution < -0.4 is 5.32 Å². The van der Waals surface area contributed by atoms with Crippen LogP contribution in [0.4, 0.5) is 4.79 Å². The first-order valence-corrected chi connectivity index (χ1v) is 9.87. The Morgan fingerprint density at radius 2 is 2.04 bits per heavy atom. The van der Waals surface area contributed by atoms with Crippen LogP contribution in [-0.4, -0.2) is 57.3 Å². The largest absolute Gasteiger partial charge is 0.390 e. The summed E-state index contributed by atoms with van der Waals surface area (Å²) < 4.78 is 0. The van der Waals surface area contributed by atoms with Gasteiger partial charge in [0.2, 0.25) is 5.91 Å². The molecule has 132 valence electrons. The Labute approximate surface area is 154 Å². The van der Waals surface area contributed by atoms with Crippen LogP contribution in [0, 0.1) is 0 Å². The van der Waals surface area contributed by atoms with E-state index in [-0.39, 0.29) is 36.1 Å². The summed E-state index contributed by atoms with van der Waals surface area (Å²) in [6.45, 7) is 0.0403. The zero-order valence-electron chi connectivity index (χ0n) is 13.4. The topological polar surface area (TPSA) is 86.7 Å². The third-order valence-corrected chi connectivity index (χ3v) is 6.01. The Morgan fingerprint density at radius 3 is 2.72 bits per heavy atom. The van der Waals surface area contributed by atoms with E-state index >= 15 is 0 Å². The highest BCUT2D eigenvalue weighted by Crippen LogP contribution is 2.32. The normalized spacial score (nSPS) is 25.0. The second-order valence-electron chi connectivity index (χ2n) is 5.77. The van der Waals surface area contributed by atoms with Gasteiger partial charge in [-0.25, -0.2) is 0 Å². The molecule has 0 aromatic heterocycles. The van der Waals surface area contributed by atoms with Crippen molar-refractivity contribution < 1.29 is 19.5 Å². The second kappa shape index (κ2) is 8.07. The quantitative estimate of drug-likeness (QED) is 0.759. The third kappa shape index (κ3) is 4.45. The van der Waals surface area contributed by atoms with Crippen molar-refractivity contribution >= 4 is 46.7 Å². The molecule has 0 radical (unpaired) electrons. The van der Waals surface area contributed by atoms with E-state index in [1.54, 1.807) is 17.8 Å². The summed E-state index contributed by atoms with van der Waals surface area (Å²) in [5, 5.41) is 12.1. The van der Waals surface area contributed by atoms with E-state index in [1.807, 2.05) is 30.3 Å². The number of imide groups is 1. The maximum absolute atomic E-state index is 12.4. The number of aliphatic hydroxyl groups excluding tert-OH is 1. The van der Waals surface area contributed by atoms with Crippen molar-refractivity contribution in [3.8, 4) is 0 Å². The molecule has 2 aliphatic heterocycles. The molecule has 2 atom stereocenters. The summed E-state index contributed by atoms with van der Waals surface area (Å²) >= 11 is 2.47. The molecule has 2 saturated heterocycles. The Hall–Kier alpha value is -1.77. The number of benzene rings is 1. The maximum Gasteiger partial charge on any atom is 0.293 e. The minimum atomic E-state index is -0.542. The molecule has 2 aliphatic rings. The molecule has 25 heavy (non-hydrogen) atoms. The van der Waals surface area contributed by atoms with E-state index in [9.17, 15) is 19.5 Å². The van der Waals surface area contributed by atoms with Crippen molar-refractivity contribution in [1.82, 2.24) is 10.2 Å². The van der Waals surface area contributed by atoms with Gasteiger partial charge in [-0.15, -0.1) is 0 Å². The lowest BCUT2D eigenvalue weighted by Gasteiger charge is -2.17. The number of carbonyl (C=O) groups excluding carboxylic acids is 3. The molecule has 1 aromatic carbocycles. The van der Waals surface area contributed by atoms with Gasteiger partial charge in [0, 0.05) is 24.5 Å². The number of amides is 3. The number of hydrogen-bond acceptors (Lipinski definition) is 6. The SMILES string of the molecule is O=C(CCN1C(=O)S/C(=C\c2ccccc2)C1=O)N[C@H]1CSC[C@H]1O. The number of thioether (sulfide) groups is 2. The van der Waals surface area contributed by atoms with Gasteiger partial charge in [0.1, 0.15) is 0 Å². The minimum absolute atomic E-state index is 0.0323. The smallest absolute Gasteiger partial charge is 0.293 e. The van der Waals surface area contributed by atoms with Gasteiger partial charge < -0.3 is 10.4 Å². The van der Waals surface area contributed by atoms with E-state index in [0.29, 0.717) is 16.4 Å². The zero-order valence-corrected chi connectivity index (χ0v) is 15.0. The van der Waals surface area contributed by atoms with Crippen molar-refractivity contribution in [3.63, 3.8) is 0 Å². The highest BCUT2D eigenvalue weighted by Gasteiger charge is 2.35. The van der Waals surface area contributed by atoms with E-state index < -0.39 is 6.10 Å². The van der Waals surface area contributed by atoms with Crippen LogP contribution in [0.1, 0.15) is 12.0 Å². The highest BCUT2D eigenvalue weighted by atomic mass is 32.2. The number of nitrogens with zero attached hydrogens (tertiary/aromatic N) is 1. The van der Waals surface area contributed by atoms with Gasteiger partial charge in [-0.1, -0.05) is 30.3 Å². The molecule has 2 heterocycles. The zero-order chi connectivity index (χ0) is 17.8. The molecule has 3 rings (SSSR count). The molecule has 0 spiro atoms. The number of hydrogen-bond donors (Lipinski definition) is 2. The van der Waals surface area contributed by atoms with Crippen LogP contribution in [0.5, 0.6) is 0 Å². The average Bonchev–Trinajstić information content (AvgIpc) is 3.11. The van der Waals surface area contributed by atoms with Crippen molar-refractivity contribution in [1.29, 1.82) is 0 Å².